The number of hydrogen-bond donors (Lipinski definition) is 1. The summed E-state index contributed by atoms with van der Waals surface area (Å²) in [5.41, 5.74) is 1.14. The number of hydrogen-bond acceptors (Lipinski definition) is 3. The van der Waals surface area contributed by atoms with Crippen LogP contribution in [-0.4, -0.2) is 22.5 Å². The van der Waals surface area contributed by atoms with Crippen LogP contribution < -0.4 is 5.32 Å². The maximum atomic E-state index is 4.27. The average molecular weight is 194 g/mol. The molecule has 3 heteroatoms. The van der Waals surface area contributed by atoms with E-state index in [0.717, 1.165) is 12.2 Å². The number of pyridine rings is 1. The van der Waals surface area contributed by atoms with Gasteiger partial charge in [0.25, 0.3) is 0 Å². The minimum Gasteiger partial charge on any atom is -0.308 e. The summed E-state index contributed by atoms with van der Waals surface area (Å²) in [7, 11) is 0. The van der Waals surface area contributed by atoms with Crippen LogP contribution in [0.2, 0.25) is 0 Å². The van der Waals surface area contributed by atoms with Crippen molar-refractivity contribution in [2.45, 2.75) is 19.0 Å². The summed E-state index contributed by atoms with van der Waals surface area (Å²) in [5, 5.41) is 3.51. The van der Waals surface area contributed by atoms with Gasteiger partial charge in [-0.2, -0.15) is 11.8 Å². The molecule has 2 heterocycles. The zero-order valence-electron chi connectivity index (χ0n) is 7.57. The van der Waals surface area contributed by atoms with E-state index in [0.29, 0.717) is 6.04 Å². The molecule has 0 amide bonds. The molecule has 1 saturated heterocycles. The van der Waals surface area contributed by atoms with Gasteiger partial charge in [0.1, 0.15) is 0 Å². The minimum atomic E-state index is 0.701. The molecule has 70 valence electrons. The van der Waals surface area contributed by atoms with Gasteiger partial charge in [-0.3, -0.25) is 4.98 Å². The Morgan fingerprint density at radius 2 is 2.54 bits per heavy atom. The molecule has 1 atom stereocenters. The quantitative estimate of drug-likeness (QED) is 0.792. The van der Waals surface area contributed by atoms with Gasteiger partial charge >= 0.3 is 0 Å². The topological polar surface area (TPSA) is 24.9 Å². The highest BCUT2D eigenvalue weighted by Crippen LogP contribution is 2.17. The van der Waals surface area contributed by atoms with Gasteiger partial charge in [0.05, 0.1) is 5.69 Å². The Morgan fingerprint density at radius 1 is 1.54 bits per heavy atom. The van der Waals surface area contributed by atoms with E-state index in [1.807, 2.05) is 30.1 Å². The largest absolute Gasteiger partial charge is 0.308 e. The predicted octanol–water partition coefficient (Wildman–Crippen LogP) is 1.68. The van der Waals surface area contributed by atoms with Gasteiger partial charge in [0, 0.05) is 24.5 Å². The van der Waals surface area contributed by atoms with Crippen LogP contribution in [0.25, 0.3) is 0 Å². The van der Waals surface area contributed by atoms with Crippen molar-refractivity contribution in [2.24, 2.45) is 0 Å². The van der Waals surface area contributed by atoms with Crippen LogP contribution in [-0.2, 0) is 6.54 Å². The summed E-state index contributed by atoms with van der Waals surface area (Å²) in [6.07, 6.45) is 3.15. The summed E-state index contributed by atoms with van der Waals surface area (Å²) in [4.78, 5) is 4.27. The summed E-state index contributed by atoms with van der Waals surface area (Å²) < 4.78 is 0. The van der Waals surface area contributed by atoms with E-state index in [-0.39, 0.29) is 0 Å². The summed E-state index contributed by atoms with van der Waals surface area (Å²) in [6.45, 7) is 0.909. The van der Waals surface area contributed by atoms with Gasteiger partial charge in [-0.25, -0.2) is 0 Å². The molecule has 0 spiro atoms. The van der Waals surface area contributed by atoms with Gasteiger partial charge < -0.3 is 5.32 Å². The first-order chi connectivity index (χ1) is 6.45. The highest BCUT2D eigenvalue weighted by Gasteiger charge is 2.14. The Labute approximate surface area is 83.1 Å². The van der Waals surface area contributed by atoms with E-state index >= 15 is 0 Å². The molecule has 1 N–H and O–H groups in total. The molecule has 0 saturated carbocycles. The van der Waals surface area contributed by atoms with Crippen molar-refractivity contribution in [3.8, 4) is 0 Å². The van der Waals surface area contributed by atoms with Gasteiger partial charge in [0.2, 0.25) is 0 Å². The smallest absolute Gasteiger partial charge is 0.0541 e. The lowest BCUT2D eigenvalue weighted by atomic mass is 10.2. The maximum Gasteiger partial charge on any atom is 0.0541 e. The number of aromatic nitrogens is 1. The molecule has 0 aromatic carbocycles. The normalized spacial score (nSPS) is 22.0. The number of rotatable bonds is 3. The predicted molar refractivity (Wildman–Crippen MR) is 56.8 cm³/mol. The second-order valence-electron chi connectivity index (χ2n) is 3.26. The van der Waals surface area contributed by atoms with E-state index in [4.69, 9.17) is 0 Å². The fourth-order valence-corrected chi connectivity index (χ4v) is 2.63. The van der Waals surface area contributed by atoms with Crippen LogP contribution in [0.15, 0.2) is 24.4 Å². The molecule has 1 fully saturated rings. The van der Waals surface area contributed by atoms with Crippen LogP contribution in [0.3, 0.4) is 0 Å². The second-order valence-corrected chi connectivity index (χ2v) is 4.41. The first-order valence-electron chi connectivity index (χ1n) is 4.66. The summed E-state index contributed by atoms with van der Waals surface area (Å²) >= 11 is 2.03. The zero-order valence-corrected chi connectivity index (χ0v) is 8.39. The lowest BCUT2D eigenvalue weighted by molar-refractivity contribution is 0.552. The van der Waals surface area contributed by atoms with E-state index < -0.39 is 0 Å². The molecule has 0 aliphatic carbocycles. The van der Waals surface area contributed by atoms with Crippen LogP contribution >= 0.6 is 11.8 Å². The third kappa shape index (κ3) is 2.71. The molecule has 2 rings (SSSR count). The van der Waals surface area contributed by atoms with Crippen molar-refractivity contribution < 1.29 is 0 Å². The molecular weight excluding hydrogens is 180 g/mol. The molecule has 1 unspecified atom stereocenters. The van der Waals surface area contributed by atoms with Crippen LogP contribution in [0.1, 0.15) is 12.1 Å². The number of nitrogens with one attached hydrogen (secondary N) is 1. The van der Waals surface area contributed by atoms with Crippen molar-refractivity contribution in [3.63, 3.8) is 0 Å². The maximum absolute atomic E-state index is 4.27. The zero-order chi connectivity index (χ0) is 8.93. The first-order valence-corrected chi connectivity index (χ1v) is 5.81. The molecule has 0 radical (unpaired) electrons. The molecule has 1 aromatic heterocycles. The van der Waals surface area contributed by atoms with Crippen molar-refractivity contribution in [3.05, 3.63) is 30.1 Å². The molecular formula is C10H14N2S. The number of thioether (sulfide) groups is 1. The Balaban J connectivity index is 1.79. The molecule has 1 aliphatic rings. The molecule has 1 aromatic rings. The van der Waals surface area contributed by atoms with Crippen molar-refractivity contribution in [2.75, 3.05) is 11.5 Å². The standard InChI is InChI=1S/C10H14N2S/c1-2-5-11-9(3-1)7-12-10-4-6-13-8-10/h1-3,5,10,12H,4,6-8H2. The molecule has 13 heavy (non-hydrogen) atoms. The molecule has 2 nitrogen and oxygen atoms in total. The van der Waals surface area contributed by atoms with E-state index in [2.05, 4.69) is 16.4 Å². The summed E-state index contributed by atoms with van der Waals surface area (Å²) in [5.74, 6) is 2.56. The van der Waals surface area contributed by atoms with Crippen molar-refractivity contribution in [1.29, 1.82) is 0 Å². The van der Waals surface area contributed by atoms with E-state index in [9.17, 15) is 0 Å². The van der Waals surface area contributed by atoms with E-state index in [1.165, 1.54) is 17.9 Å². The van der Waals surface area contributed by atoms with Crippen molar-refractivity contribution >= 4 is 11.8 Å². The SMILES string of the molecule is c1ccc(CNC2CCSC2)nc1. The average Bonchev–Trinajstić information content (AvgIpc) is 2.69. The van der Waals surface area contributed by atoms with Gasteiger partial charge in [-0.15, -0.1) is 0 Å². The fourth-order valence-electron chi connectivity index (χ4n) is 1.45. The van der Waals surface area contributed by atoms with Crippen LogP contribution in [0.4, 0.5) is 0 Å². The Morgan fingerprint density at radius 3 is 3.23 bits per heavy atom. The third-order valence-electron chi connectivity index (χ3n) is 2.23. The Hall–Kier alpha value is -0.540. The Kier molecular flexibility index (Phi) is 3.22. The highest BCUT2D eigenvalue weighted by atomic mass is 32.2. The van der Waals surface area contributed by atoms with Gasteiger partial charge in [-0.1, -0.05) is 6.07 Å². The number of nitrogens with zero attached hydrogens (tertiary/aromatic N) is 1. The highest BCUT2D eigenvalue weighted by molar-refractivity contribution is 7.99. The third-order valence-corrected chi connectivity index (χ3v) is 3.39. The first kappa shape index (κ1) is 9.03. The Bertz CT molecular complexity index is 244. The fraction of sp³-hybridized carbons (Fsp3) is 0.500. The minimum absolute atomic E-state index is 0.701. The van der Waals surface area contributed by atoms with Crippen LogP contribution in [0.5, 0.6) is 0 Å². The lowest BCUT2D eigenvalue weighted by Gasteiger charge is -2.09. The van der Waals surface area contributed by atoms with E-state index in [1.54, 1.807) is 0 Å². The second kappa shape index (κ2) is 4.63. The van der Waals surface area contributed by atoms with Crippen molar-refractivity contribution in [1.82, 2.24) is 10.3 Å². The lowest BCUT2D eigenvalue weighted by Crippen LogP contribution is -2.28. The molecule has 0 bridgehead atoms. The summed E-state index contributed by atoms with van der Waals surface area (Å²) in [6, 6.07) is 6.75. The van der Waals surface area contributed by atoms with Crippen LogP contribution in [0, 0.1) is 0 Å². The van der Waals surface area contributed by atoms with Gasteiger partial charge in [0.15, 0.2) is 0 Å². The van der Waals surface area contributed by atoms with Gasteiger partial charge in [-0.05, 0) is 24.3 Å². The molecule has 1 aliphatic heterocycles. The monoisotopic (exact) mass is 194 g/mol.